The largest absolute Gasteiger partial charge is 0.506 e. The first-order valence-corrected chi connectivity index (χ1v) is 8.99. The maximum absolute atomic E-state index is 12.4. The SMILES string of the molecule is CN(C)c1c(O)ccc2c1CCC1C2CCC2(C)C(=O)CCC12. The van der Waals surface area contributed by atoms with Crippen molar-refractivity contribution < 1.29 is 9.90 Å². The standard InChI is InChI=1S/C20H27NO2/c1-20-11-10-13-12-6-8-17(22)19(21(2)3)15(12)5-4-14(13)16(20)7-9-18(20)23/h6,8,13-14,16,22H,4-5,7,9-11H2,1-3H3. The van der Waals surface area contributed by atoms with E-state index in [1.165, 1.54) is 11.1 Å². The molecule has 3 aliphatic rings. The monoisotopic (exact) mass is 313 g/mol. The van der Waals surface area contributed by atoms with Crippen molar-refractivity contribution in [3.05, 3.63) is 23.3 Å². The molecule has 2 saturated carbocycles. The van der Waals surface area contributed by atoms with Gasteiger partial charge in [0.15, 0.2) is 0 Å². The van der Waals surface area contributed by atoms with Gasteiger partial charge >= 0.3 is 0 Å². The van der Waals surface area contributed by atoms with Gasteiger partial charge in [-0.15, -0.1) is 0 Å². The summed E-state index contributed by atoms with van der Waals surface area (Å²) >= 11 is 0. The predicted octanol–water partition coefficient (Wildman–Crippen LogP) is 3.88. The molecule has 0 aliphatic heterocycles. The Kier molecular flexibility index (Phi) is 3.26. The maximum Gasteiger partial charge on any atom is 0.139 e. The minimum absolute atomic E-state index is 0.0556. The molecule has 1 aromatic rings. The van der Waals surface area contributed by atoms with Gasteiger partial charge in [-0.2, -0.15) is 0 Å². The smallest absolute Gasteiger partial charge is 0.139 e. The molecule has 0 heterocycles. The average Bonchev–Trinajstić information content (AvgIpc) is 2.82. The molecule has 3 heteroatoms. The third-order valence-electron chi connectivity index (χ3n) is 7.02. The number of rotatable bonds is 1. The van der Waals surface area contributed by atoms with E-state index in [-0.39, 0.29) is 5.41 Å². The van der Waals surface area contributed by atoms with E-state index in [2.05, 4.69) is 13.0 Å². The van der Waals surface area contributed by atoms with Crippen LogP contribution in [0.1, 0.15) is 56.1 Å². The number of benzene rings is 1. The Hall–Kier alpha value is -1.51. The highest BCUT2D eigenvalue weighted by Crippen LogP contribution is 2.60. The summed E-state index contributed by atoms with van der Waals surface area (Å²) in [6.45, 7) is 2.22. The normalized spacial score (nSPS) is 35.4. The Morgan fingerprint density at radius 1 is 1.17 bits per heavy atom. The fourth-order valence-electron chi connectivity index (χ4n) is 5.91. The molecule has 0 amide bonds. The number of nitrogens with zero attached hydrogens (tertiary/aromatic N) is 1. The van der Waals surface area contributed by atoms with E-state index in [1.54, 1.807) is 0 Å². The second-order valence-electron chi connectivity index (χ2n) is 8.23. The van der Waals surface area contributed by atoms with Gasteiger partial charge in [-0.25, -0.2) is 0 Å². The van der Waals surface area contributed by atoms with Gasteiger partial charge in [0, 0.05) is 25.9 Å². The van der Waals surface area contributed by atoms with Gasteiger partial charge in [-0.3, -0.25) is 4.79 Å². The van der Waals surface area contributed by atoms with Crippen molar-refractivity contribution in [2.75, 3.05) is 19.0 Å². The van der Waals surface area contributed by atoms with Gasteiger partial charge in [-0.05, 0) is 67.1 Å². The Balaban J connectivity index is 1.76. The lowest BCUT2D eigenvalue weighted by Crippen LogP contribution is -2.42. The van der Waals surface area contributed by atoms with Crippen LogP contribution >= 0.6 is 0 Å². The van der Waals surface area contributed by atoms with Crippen LogP contribution in [0.4, 0.5) is 5.69 Å². The zero-order valence-corrected chi connectivity index (χ0v) is 14.4. The van der Waals surface area contributed by atoms with Crippen molar-refractivity contribution in [3.63, 3.8) is 0 Å². The molecule has 0 bridgehead atoms. The molecule has 4 rings (SSSR count). The highest BCUT2D eigenvalue weighted by molar-refractivity contribution is 5.87. The van der Waals surface area contributed by atoms with E-state index < -0.39 is 0 Å². The fraction of sp³-hybridized carbons (Fsp3) is 0.650. The number of anilines is 1. The number of fused-ring (bicyclic) bond motifs is 5. The van der Waals surface area contributed by atoms with E-state index in [9.17, 15) is 9.90 Å². The van der Waals surface area contributed by atoms with Crippen molar-refractivity contribution in [2.45, 2.75) is 51.4 Å². The van der Waals surface area contributed by atoms with Crippen molar-refractivity contribution in [2.24, 2.45) is 17.3 Å². The highest BCUT2D eigenvalue weighted by Gasteiger charge is 2.54. The Morgan fingerprint density at radius 3 is 2.70 bits per heavy atom. The van der Waals surface area contributed by atoms with Gasteiger partial charge in [0.05, 0.1) is 5.69 Å². The van der Waals surface area contributed by atoms with Gasteiger partial charge in [0.1, 0.15) is 11.5 Å². The number of carbonyl (C=O) groups excluding carboxylic acids is 1. The lowest BCUT2D eigenvalue weighted by atomic mass is 9.55. The summed E-state index contributed by atoms with van der Waals surface area (Å²) in [6, 6.07) is 4.01. The number of phenols is 1. The molecule has 124 valence electrons. The molecule has 3 nitrogen and oxygen atoms in total. The Labute approximate surface area is 138 Å². The Morgan fingerprint density at radius 2 is 1.96 bits per heavy atom. The van der Waals surface area contributed by atoms with Crippen LogP contribution in [0.25, 0.3) is 0 Å². The van der Waals surface area contributed by atoms with E-state index in [4.69, 9.17) is 0 Å². The molecule has 0 saturated heterocycles. The summed E-state index contributed by atoms with van der Waals surface area (Å²) < 4.78 is 0. The summed E-state index contributed by atoms with van der Waals surface area (Å²) in [7, 11) is 4.02. The molecule has 0 radical (unpaired) electrons. The first-order chi connectivity index (χ1) is 10.9. The van der Waals surface area contributed by atoms with Crippen LogP contribution in [0, 0.1) is 17.3 Å². The molecule has 0 spiro atoms. The van der Waals surface area contributed by atoms with E-state index in [0.717, 1.165) is 44.2 Å². The second kappa shape index (κ2) is 4.99. The molecule has 2 fully saturated rings. The van der Waals surface area contributed by atoms with Gasteiger partial charge in [-0.1, -0.05) is 13.0 Å². The summed E-state index contributed by atoms with van der Waals surface area (Å²) in [4.78, 5) is 14.4. The van der Waals surface area contributed by atoms with Crippen LogP contribution in [0.15, 0.2) is 12.1 Å². The van der Waals surface area contributed by atoms with E-state index in [1.807, 2.05) is 25.1 Å². The molecule has 1 N–H and O–H groups in total. The quantitative estimate of drug-likeness (QED) is 0.855. The lowest BCUT2D eigenvalue weighted by molar-refractivity contribution is -0.129. The van der Waals surface area contributed by atoms with Crippen LogP contribution in [-0.2, 0) is 11.2 Å². The number of Topliss-reactive ketones (excluding diaryl/α,β-unsaturated/α-hetero) is 1. The summed E-state index contributed by atoms with van der Waals surface area (Å²) in [5, 5.41) is 10.3. The zero-order chi connectivity index (χ0) is 16.4. The first-order valence-electron chi connectivity index (χ1n) is 8.99. The molecule has 3 aliphatic carbocycles. The third kappa shape index (κ3) is 1.98. The van der Waals surface area contributed by atoms with Crippen molar-refractivity contribution in [3.8, 4) is 5.75 Å². The van der Waals surface area contributed by atoms with Crippen LogP contribution in [0.5, 0.6) is 5.75 Å². The third-order valence-corrected chi connectivity index (χ3v) is 7.02. The van der Waals surface area contributed by atoms with Crippen molar-refractivity contribution in [1.29, 1.82) is 0 Å². The number of phenolic OH excluding ortho intramolecular Hbond substituents is 1. The molecule has 4 unspecified atom stereocenters. The zero-order valence-electron chi connectivity index (χ0n) is 14.4. The van der Waals surface area contributed by atoms with E-state index in [0.29, 0.717) is 29.3 Å². The lowest BCUT2D eigenvalue weighted by Gasteiger charge is -2.48. The molecule has 23 heavy (non-hydrogen) atoms. The topological polar surface area (TPSA) is 40.5 Å². The average molecular weight is 313 g/mol. The van der Waals surface area contributed by atoms with E-state index >= 15 is 0 Å². The Bertz CT molecular complexity index is 666. The summed E-state index contributed by atoms with van der Waals surface area (Å²) in [5.74, 6) is 2.68. The number of hydrogen-bond donors (Lipinski definition) is 1. The van der Waals surface area contributed by atoms with Crippen LogP contribution < -0.4 is 4.90 Å². The summed E-state index contributed by atoms with van der Waals surface area (Å²) in [6.07, 6.45) is 6.22. The molecule has 0 aromatic heterocycles. The predicted molar refractivity (Wildman–Crippen MR) is 92.1 cm³/mol. The highest BCUT2D eigenvalue weighted by atomic mass is 16.3. The second-order valence-corrected chi connectivity index (χ2v) is 8.23. The van der Waals surface area contributed by atoms with Crippen LogP contribution in [-0.4, -0.2) is 25.0 Å². The molecule has 1 aromatic carbocycles. The first kappa shape index (κ1) is 15.0. The fourth-order valence-corrected chi connectivity index (χ4v) is 5.91. The maximum atomic E-state index is 12.4. The summed E-state index contributed by atoms with van der Waals surface area (Å²) in [5.41, 5.74) is 3.71. The van der Waals surface area contributed by atoms with Crippen LogP contribution in [0.3, 0.4) is 0 Å². The number of aromatic hydroxyl groups is 1. The van der Waals surface area contributed by atoms with Gasteiger partial charge in [0.25, 0.3) is 0 Å². The van der Waals surface area contributed by atoms with Crippen LogP contribution in [0.2, 0.25) is 0 Å². The number of ketones is 1. The molecular formula is C20H27NO2. The minimum atomic E-state index is -0.0556. The van der Waals surface area contributed by atoms with Crippen molar-refractivity contribution in [1.82, 2.24) is 0 Å². The van der Waals surface area contributed by atoms with Crippen molar-refractivity contribution >= 4 is 11.5 Å². The number of hydrogen-bond acceptors (Lipinski definition) is 3. The molecular weight excluding hydrogens is 286 g/mol. The van der Waals surface area contributed by atoms with Gasteiger partial charge < -0.3 is 10.0 Å². The number of carbonyl (C=O) groups is 1. The van der Waals surface area contributed by atoms with Gasteiger partial charge in [0.2, 0.25) is 0 Å². The molecule has 4 atom stereocenters. The minimum Gasteiger partial charge on any atom is -0.506 e.